The maximum atomic E-state index is 10.8. The molecule has 86 valence electrons. The molecule has 1 aromatic carbocycles. The summed E-state index contributed by atoms with van der Waals surface area (Å²) in [4.78, 5) is 13.2. The Hall–Kier alpha value is -1.31. The number of anilines is 1. The zero-order chi connectivity index (χ0) is 11.4. The van der Waals surface area contributed by atoms with E-state index in [4.69, 9.17) is 0 Å². The van der Waals surface area contributed by atoms with Crippen molar-refractivity contribution >= 4 is 12.0 Å². The van der Waals surface area contributed by atoms with Gasteiger partial charge < -0.3 is 4.90 Å². The maximum Gasteiger partial charge on any atom is 0.150 e. The third kappa shape index (κ3) is 2.26. The quantitative estimate of drug-likeness (QED) is 0.721. The third-order valence-electron chi connectivity index (χ3n) is 3.34. The second-order valence-corrected chi connectivity index (χ2v) is 4.49. The number of carbonyl (C=O) groups excluding carboxylic acids is 1. The molecule has 0 aliphatic carbocycles. The second-order valence-electron chi connectivity index (χ2n) is 4.49. The fourth-order valence-corrected chi connectivity index (χ4v) is 2.59. The van der Waals surface area contributed by atoms with Crippen LogP contribution in [0.25, 0.3) is 0 Å². The summed E-state index contributed by atoms with van der Waals surface area (Å²) in [6.07, 6.45) is 5.98. The molecule has 16 heavy (non-hydrogen) atoms. The van der Waals surface area contributed by atoms with Crippen LogP contribution < -0.4 is 4.90 Å². The lowest BCUT2D eigenvalue weighted by Gasteiger charge is -2.26. The number of carbonyl (C=O) groups is 1. The van der Waals surface area contributed by atoms with Crippen molar-refractivity contribution in [3.63, 3.8) is 0 Å². The molecule has 1 heterocycles. The minimum Gasteiger partial charge on any atom is -0.369 e. The highest BCUT2D eigenvalue weighted by atomic mass is 16.1. The summed E-state index contributed by atoms with van der Waals surface area (Å²) < 4.78 is 0. The van der Waals surface area contributed by atoms with E-state index < -0.39 is 0 Å². The van der Waals surface area contributed by atoms with Crippen LogP contribution >= 0.6 is 0 Å². The third-order valence-corrected chi connectivity index (χ3v) is 3.34. The fourth-order valence-electron chi connectivity index (χ4n) is 2.59. The molecule has 0 amide bonds. The summed E-state index contributed by atoms with van der Waals surface area (Å²) in [7, 11) is 0. The zero-order valence-electron chi connectivity index (χ0n) is 9.86. The van der Waals surface area contributed by atoms with Gasteiger partial charge in [-0.2, -0.15) is 0 Å². The van der Waals surface area contributed by atoms with Crippen LogP contribution in [0, 0.1) is 0 Å². The Morgan fingerprint density at radius 1 is 1.50 bits per heavy atom. The Morgan fingerprint density at radius 3 is 3.12 bits per heavy atom. The normalized spacial score (nSPS) is 20.1. The van der Waals surface area contributed by atoms with Crippen molar-refractivity contribution in [2.24, 2.45) is 0 Å². The van der Waals surface area contributed by atoms with Crippen molar-refractivity contribution in [3.8, 4) is 0 Å². The summed E-state index contributed by atoms with van der Waals surface area (Å²) in [6.45, 7) is 3.37. The monoisotopic (exact) mass is 217 g/mol. The maximum absolute atomic E-state index is 10.8. The molecular formula is C14H19NO. The van der Waals surface area contributed by atoms with Crippen molar-refractivity contribution in [1.29, 1.82) is 0 Å². The van der Waals surface area contributed by atoms with E-state index in [1.165, 1.54) is 31.4 Å². The van der Waals surface area contributed by atoms with E-state index in [1.54, 1.807) is 0 Å². The molecule has 1 saturated heterocycles. The topological polar surface area (TPSA) is 20.3 Å². The van der Waals surface area contributed by atoms with Gasteiger partial charge in [-0.3, -0.25) is 4.79 Å². The molecule has 1 atom stereocenters. The zero-order valence-corrected chi connectivity index (χ0v) is 9.86. The summed E-state index contributed by atoms with van der Waals surface area (Å²) >= 11 is 0. The van der Waals surface area contributed by atoms with E-state index in [2.05, 4.69) is 17.9 Å². The highest BCUT2D eigenvalue weighted by Crippen LogP contribution is 2.28. The molecule has 2 nitrogen and oxygen atoms in total. The molecule has 0 N–H and O–H groups in total. The Kier molecular flexibility index (Phi) is 3.60. The minimum absolute atomic E-state index is 0.673. The molecule has 0 bridgehead atoms. The van der Waals surface area contributed by atoms with Gasteiger partial charge in [0.2, 0.25) is 0 Å². The van der Waals surface area contributed by atoms with Crippen LogP contribution in [-0.4, -0.2) is 18.9 Å². The van der Waals surface area contributed by atoms with Gasteiger partial charge in [0.1, 0.15) is 6.29 Å². The lowest BCUT2D eigenvalue weighted by molar-refractivity contribution is 0.112. The molecule has 2 rings (SSSR count). The first-order chi connectivity index (χ1) is 7.85. The highest BCUT2D eigenvalue weighted by molar-refractivity contribution is 5.77. The van der Waals surface area contributed by atoms with Crippen molar-refractivity contribution in [1.82, 2.24) is 0 Å². The van der Waals surface area contributed by atoms with Crippen LogP contribution in [0.15, 0.2) is 24.3 Å². The molecule has 0 spiro atoms. The van der Waals surface area contributed by atoms with Crippen molar-refractivity contribution < 1.29 is 4.79 Å². The minimum atomic E-state index is 0.673. The molecule has 1 aliphatic heterocycles. The molecule has 1 aromatic rings. The van der Waals surface area contributed by atoms with Gasteiger partial charge in [0.15, 0.2) is 0 Å². The molecular weight excluding hydrogens is 198 g/mol. The summed E-state index contributed by atoms with van der Waals surface area (Å²) in [5.41, 5.74) is 1.99. The number of hydrogen-bond acceptors (Lipinski definition) is 2. The highest BCUT2D eigenvalue weighted by Gasteiger charge is 2.23. The van der Waals surface area contributed by atoms with Gasteiger partial charge >= 0.3 is 0 Å². The molecule has 1 unspecified atom stereocenters. The number of rotatable bonds is 4. The van der Waals surface area contributed by atoms with E-state index in [-0.39, 0.29) is 0 Å². The van der Waals surface area contributed by atoms with Gasteiger partial charge in [0, 0.05) is 23.8 Å². The van der Waals surface area contributed by atoms with Crippen molar-refractivity contribution in [2.75, 3.05) is 11.4 Å². The molecule has 1 aliphatic rings. The average Bonchev–Trinajstić information content (AvgIpc) is 2.78. The largest absolute Gasteiger partial charge is 0.369 e. The van der Waals surface area contributed by atoms with Crippen molar-refractivity contribution in [3.05, 3.63) is 29.8 Å². The fraction of sp³-hybridized carbons (Fsp3) is 0.500. The Morgan fingerprint density at radius 2 is 2.38 bits per heavy atom. The van der Waals surface area contributed by atoms with Gasteiger partial charge in [0.25, 0.3) is 0 Å². The standard InChI is InChI=1S/C14H19NO/c1-2-5-13-8-4-9-15(13)14-7-3-6-12(10-14)11-16/h3,6-7,10-11,13H,2,4-5,8-9H2,1H3. The van der Waals surface area contributed by atoms with Gasteiger partial charge in [-0.25, -0.2) is 0 Å². The molecule has 0 aromatic heterocycles. The lowest BCUT2D eigenvalue weighted by Crippen LogP contribution is -2.28. The number of benzene rings is 1. The Balaban J connectivity index is 2.18. The number of nitrogens with zero attached hydrogens (tertiary/aromatic N) is 1. The Bertz CT molecular complexity index is 362. The van der Waals surface area contributed by atoms with E-state index >= 15 is 0 Å². The van der Waals surface area contributed by atoms with E-state index in [0.29, 0.717) is 6.04 Å². The average molecular weight is 217 g/mol. The summed E-state index contributed by atoms with van der Waals surface area (Å²) in [5, 5.41) is 0. The van der Waals surface area contributed by atoms with E-state index in [1.807, 2.05) is 18.2 Å². The predicted molar refractivity (Wildman–Crippen MR) is 67.1 cm³/mol. The lowest BCUT2D eigenvalue weighted by atomic mass is 10.1. The number of aldehydes is 1. The smallest absolute Gasteiger partial charge is 0.150 e. The van der Waals surface area contributed by atoms with Crippen LogP contribution in [-0.2, 0) is 0 Å². The molecule has 2 heteroatoms. The van der Waals surface area contributed by atoms with Crippen LogP contribution in [0.4, 0.5) is 5.69 Å². The molecule has 0 saturated carbocycles. The number of hydrogen-bond donors (Lipinski definition) is 0. The molecule has 0 radical (unpaired) electrons. The van der Waals surface area contributed by atoms with Gasteiger partial charge in [-0.1, -0.05) is 25.5 Å². The summed E-state index contributed by atoms with van der Waals surface area (Å²) in [5.74, 6) is 0. The van der Waals surface area contributed by atoms with Crippen molar-refractivity contribution in [2.45, 2.75) is 38.6 Å². The van der Waals surface area contributed by atoms with Crippen LogP contribution in [0.2, 0.25) is 0 Å². The van der Waals surface area contributed by atoms with E-state index in [9.17, 15) is 4.79 Å². The predicted octanol–water partition coefficient (Wildman–Crippen LogP) is 3.27. The SMILES string of the molecule is CCCC1CCCN1c1cccc(C=O)c1. The van der Waals surface area contributed by atoms with Crippen LogP contribution in [0.1, 0.15) is 43.0 Å². The van der Waals surface area contributed by atoms with Gasteiger partial charge in [-0.15, -0.1) is 0 Å². The van der Waals surface area contributed by atoms with Crippen LogP contribution in [0.5, 0.6) is 0 Å². The van der Waals surface area contributed by atoms with Gasteiger partial charge in [0.05, 0.1) is 0 Å². The first-order valence-corrected chi connectivity index (χ1v) is 6.17. The van der Waals surface area contributed by atoms with E-state index in [0.717, 1.165) is 18.4 Å². The van der Waals surface area contributed by atoms with Crippen LogP contribution in [0.3, 0.4) is 0 Å². The second kappa shape index (κ2) is 5.15. The Labute approximate surface area is 97.3 Å². The first-order valence-electron chi connectivity index (χ1n) is 6.17. The molecule has 1 fully saturated rings. The summed E-state index contributed by atoms with van der Waals surface area (Å²) in [6, 6.07) is 8.62. The first kappa shape index (κ1) is 11.2. The van der Waals surface area contributed by atoms with Gasteiger partial charge in [-0.05, 0) is 31.4 Å².